The van der Waals surface area contributed by atoms with Gasteiger partial charge in [0.25, 0.3) is 0 Å². The zero-order valence-corrected chi connectivity index (χ0v) is 14.6. The Morgan fingerprint density at radius 3 is 2.44 bits per heavy atom. The first-order chi connectivity index (χ1) is 11.8. The molecule has 2 aliphatic rings. The first-order valence-electron chi connectivity index (χ1n) is 7.75. The second kappa shape index (κ2) is 5.70. The molecular weight excluding hydrogens is 342 g/mol. The van der Waals surface area contributed by atoms with Crippen LogP contribution in [0.3, 0.4) is 0 Å². The molecule has 0 saturated heterocycles. The fourth-order valence-corrected chi connectivity index (χ4v) is 3.55. The van der Waals surface area contributed by atoms with Gasteiger partial charge in [-0.1, -0.05) is 0 Å². The minimum atomic E-state index is 0. The molecule has 0 atom stereocenters. The minimum absolute atomic E-state index is 0. The maximum absolute atomic E-state index is 5.51. The van der Waals surface area contributed by atoms with Crippen molar-refractivity contribution in [1.82, 2.24) is 4.98 Å². The molecule has 0 bridgehead atoms. The van der Waals surface area contributed by atoms with E-state index in [1.165, 1.54) is 11.1 Å². The van der Waals surface area contributed by atoms with Crippen LogP contribution in [0.25, 0.3) is 22.0 Å². The van der Waals surface area contributed by atoms with Crippen molar-refractivity contribution in [3.8, 4) is 34.3 Å². The molecule has 2 aromatic carbocycles. The Labute approximate surface area is 150 Å². The number of methoxy groups -OCH3 is 2. The number of benzene rings is 2. The Morgan fingerprint density at radius 1 is 0.960 bits per heavy atom. The molecule has 5 rings (SSSR count). The number of aromatic nitrogens is 1. The van der Waals surface area contributed by atoms with Crippen LogP contribution in [0.5, 0.6) is 23.0 Å². The first-order valence-corrected chi connectivity index (χ1v) is 7.75. The van der Waals surface area contributed by atoms with Crippen molar-refractivity contribution >= 4 is 23.2 Å². The Hall–Kier alpha value is -2.66. The van der Waals surface area contributed by atoms with Gasteiger partial charge in [0, 0.05) is 23.6 Å². The van der Waals surface area contributed by atoms with Crippen LogP contribution in [0.4, 0.5) is 0 Å². The minimum Gasteiger partial charge on any atom is -0.493 e. The first kappa shape index (κ1) is 15.8. The fraction of sp³-hybridized carbons (Fsp3) is 0.211. The SMILES string of the molecule is COc1cc2cnc3c(c2cc1OC)Cc1cc2c(cc1-3)OCO2.Cl. The second-order valence-corrected chi connectivity index (χ2v) is 5.92. The van der Waals surface area contributed by atoms with Crippen molar-refractivity contribution in [2.75, 3.05) is 21.0 Å². The maximum atomic E-state index is 5.51. The van der Waals surface area contributed by atoms with Crippen molar-refractivity contribution in [3.63, 3.8) is 0 Å². The van der Waals surface area contributed by atoms with E-state index in [1.54, 1.807) is 14.2 Å². The van der Waals surface area contributed by atoms with Gasteiger partial charge < -0.3 is 18.9 Å². The molecule has 0 N–H and O–H groups in total. The van der Waals surface area contributed by atoms with Crippen LogP contribution in [0.2, 0.25) is 0 Å². The Morgan fingerprint density at radius 2 is 1.68 bits per heavy atom. The zero-order chi connectivity index (χ0) is 16.3. The van der Waals surface area contributed by atoms with Gasteiger partial charge in [-0.05, 0) is 40.8 Å². The third-order valence-electron chi connectivity index (χ3n) is 4.72. The molecule has 2 heterocycles. The third kappa shape index (κ3) is 2.19. The van der Waals surface area contributed by atoms with Gasteiger partial charge in [-0.3, -0.25) is 4.98 Å². The van der Waals surface area contributed by atoms with Crippen LogP contribution in [-0.4, -0.2) is 26.0 Å². The van der Waals surface area contributed by atoms with Crippen LogP contribution in [0, 0.1) is 0 Å². The lowest BCUT2D eigenvalue weighted by molar-refractivity contribution is 0.174. The van der Waals surface area contributed by atoms with Crippen molar-refractivity contribution < 1.29 is 18.9 Å². The number of hydrogen-bond acceptors (Lipinski definition) is 5. The average molecular weight is 358 g/mol. The standard InChI is InChI=1S/C19H15NO4.ClH/c1-21-15-5-11-8-20-19-13-7-18-17(23-9-24-18)4-10(13)3-14(19)12(11)6-16(15)22-2;/h4-8H,3,9H2,1-2H3;1H. The van der Waals surface area contributed by atoms with Crippen molar-refractivity contribution in [1.29, 1.82) is 0 Å². The summed E-state index contributed by atoms with van der Waals surface area (Å²) in [7, 11) is 3.29. The molecule has 25 heavy (non-hydrogen) atoms. The predicted molar refractivity (Wildman–Crippen MR) is 96.5 cm³/mol. The summed E-state index contributed by atoms with van der Waals surface area (Å²) >= 11 is 0. The molecule has 5 nitrogen and oxygen atoms in total. The summed E-state index contributed by atoms with van der Waals surface area (Å²) in [5, 5.41) is 2.18. The molecular formula is C19H16ClNO4. The molecule has 6 heteroatoms. The molecule has 1 aliphatic heterocycles. The lowest BCUT2D eigenvalue weighted by atomic mass is 10.0. The van der Waals surface area contributed by atoms with Gasteiger partial charge in [0.2, 0.25) is 6.79 Å². The van der Waals surface area contributed by atoms with Crippen LogP contribution >= 0.6 is 12.4 Å². The fourth-order valence-electron chi connectivity index (χ4n) is 3.55. The highest BCUT2D eigenvalue weighted by atomic mass is 35.5. The van der Waals surface area contributed by atoms with Gasteiger partial charge in [-0.15, -0.1) is 12.4 Å². The number of nitrogens with zero attached hydrogens (tertiary/aromatic N) is 1. The number of hydrogen-bond donors (Lipinski definition) is 0. The highest BCUT2D eigenvalue weighted by molar-refractivity contribution is 5.95. The van der Waals surface area contributed by atoms with Gasteiger partial charge in [-0.2, -0.15) is 0 Å². The monoisotopic (exact) mass is 357 g/mol. The second-order valence-electron chi connectivity index (χ2n) is 5.92. The van der Waals surface area contributed by atoms with E-state index in [0.717, 1.165) is 45.7 Å². The molecule has 1 aliphatic carbocycles. The van der Waals surface area contributed by atoms with E-state index >= 15 is 0 Å². The van der Waals surface area contributed by atoms with Gasteiger partial charge in [0.1, 0.15) is 0 Å². The molecule has 0 spiro atoms. The maximum Gasteiger partial charge on any atom is 0.231 e. The molecule has 0 saturated carbocycles. The highest BCUT2D eigenvalue weighted by Gasteiger charge is 2.27. The lowest BCUT2D eigenvalue weighted by Crippen LogP contribution is -1.94. The van der Waals surface area contributed by atoms with E-state index in [9.17, 15) is 0 Å². The highest BCUT2D eigenvalue weighted by Crippen LogP contribution is 2.46. The number of ether oxygens (including phenoxy) is 4. The van der Waals surface area contributed by atoms with Crippen LogP contribution in [0.15, 0.2) is 30.5 Å². The molecule has 0 amide bonds. The quantitative estimate of drug-likeness (QED) is 0.543. The van der Waals surface area contributed by atoms with E-state index in [1.807, 2.05) is 24.4 Å². The summed E-state index contributed by atoms with van der Waals surface area (Å²) in [6, 6.07) is 8.09. The number of fused-ring (bicyclic) bond motifs is 6. The third-order valence-corrected chi connectivity index (χ3v) is 4.72. The normalized spacial score (nSPS) is 13.2. The van der Waals surface area contributed by atoms with E-state index < -0.39 is 0 Å². The summed E-state index contributed by atoms with van der Waals surface area (Å²) in [4.78, 5) is 4.69. The van der Waals surface area contributed by atoms with Gasteiger partial charge in [0.15, 0.2) is 23.0 Å². The molecule has 128 valence electrons. The van der Waals surface area contributed by atoms with Crippen LogP contribution in [-0.2, 0) is 6.42 Å². The largest absolute Gasteiger partial charge is 0.493 e. The summed E-state index contributed by atoms with van der Waals surface area (Å²) in [6.07, 6.45) is 2.71. The van der Waals surface area contributed by atoms with Gasteiger partial charge in [0.05, 0.1) is 19.9 Å². The number of pyridine rings is 1. The van der Waals surface area contributed by atoms with E-state index in [0.29, 0.717) is 5.75 Å². The lowest BCUT2D eigenvalue weighted by Gasteiger charge is -2.11. The number of halogens is 1. The number of rotatable bonds is 2. The van der Waals surface area contributed by atoms with Crippen LogP contribution < -0.4 is 18.9 Å². The van der Waals surface area contributed by atoms with Crippen molar-refractivity contribution in [3.05, 3.63) is 41.6 Å². The van der Waals surface area contributed by atoms with Crippen molar-refractivity contribution in [2.24, 2.45) is 0 Å². The predicted octanol–water partition coefficient (Wildman–Crippen LogP) is 3.97. The molecule has 1 aromatic heterocycles. The summed E-state index contributed by atoms with van der Waals surface area (Å²) in [5.41, 5.74) is 4.53. The van der Waals surface area contributed by atoms with E-state index in [-0.39, 0.29) is 19.2 Å². The van der Waals surface area contributed by atoms with Gasteiger partial charge in [-0.25, -0.2) is 0 Å². The smallest absolute Gasteiger partial charge is 0.231 e. The average Bonchev–Trinajstić information content (AvgIpc) is 3.21. The van der Waals surface area contributed by atoms with Gasteiger partial charge >= 0.3 is 0 Å². The zero-order valence-electron chi connectivity index (χ0n) is 13.8. The Bertz CT molecular complexity index is 1000. The summed E-state index contributed by atoms with van der Waals surface area (Å²) in [5.74, 6) is 3.03. The van der Waals surface area contributed by atoms with Crippen molar-refractivity contribution in [2.45, 2.75) is 6.42 Å². The van der Waals surface area contributed by atoms with E-state index in [2.05, 4.69) is 6.07 Å². The molecule has 0 radical (unpaired) electrons. The topological polar surface area (TPSA) is 49.8 Å². The van der Waals surface area contributed by atoms with E-state index in [4.69, 9.17) is 23.9 Å². The Kier molecular flexibility index (Phi) is 3.62. The molecule has 0 fully saturated rings. The summed E-state index contributed by atoms with van der Waals surface area (Å²) in [6.45, 7) is 0.285. The van der Waals surface area contributed by atoms with Crippen LogP contribution in [0.1, 0.15) is 11.1 Å². The summed E-state index contributed by atoms with van der Waals surface area (Å²) < 4.78 is 21.9. The molecule has 3 aromatic rings. The molecule has 0 unspecified atom stereocenters. The Balaban J connectivity index is 0.00000157.